The predicted molar refractivity (Wildman–Crippen MR) is 268 cm³/mol. The van der Waals surface area contributed by atoms with E-state index in [9.17, 15) is 30.3 Å². The number of hydrogen-bond donors (Lipinski definition) is 5. The second kappa shape index (κ2) is 24.2. The Labute approximate surface area is 423 Å². The van der Waals surface area contributed by atoms with E-state index < -0.39 is 96.0 Å². The number of aliphatic hydroxyl groups excluding tert-OH is 3. The summed E-state index contributed by atoms with van der Waals surface area (Å²) in [5.74, 6) is -2.73. The Kier molecular flexibility index (Phi) is 19.6. The summed E-state index contributed by atoms with van der Waals surface area (Å²) in [6.45, 7) is 21.4. The molecule has 6 rings (SSSR count). The lowest BCUT2D eigenvalue weighted by Gasteiger charge is -2.48. The largest absolute Gasteiger partial charge is 0.459 e. The minimum absolute atomic E-state index is 0.118. The quantitative estimate of drug-likeness (QED) is 0.126. The standard InChI is InChI=1S/C53H90N6O12/c1-14-42-53(10,65)46(61)36(6)58(23-18-17-20-39-31-59(55-54-39)26-25-57-24-22-38-19-15-16-21-40(38)57)30-32(2)28-51(8,64)48(71-50-44(60)41(56(11)12)27-33(3)67-50)34(4)45(35(5)49(63)69-42)70-43-29-52(9,66-13)47(62)37(7)68-43/h15-16,19,21,31-37,41-48,50,60-62,64-65H,14,17-18,20,22-30H2,1-13H3/t32-,33-,34+,35-,36-,37+,41+,42-,43+,44-,45+,46-,47+,48-,50+,51-,52-,53-/m1/s1. The van der Waals surface area contributed by atoms with Gasteiger partial charge in [-0.05, 0) is 132 Å². The fraction of sp³-hybridized carbons (Fsp3) is 0.830. The van der Waals surface area contributed by atoms with E-state index in [4.69, 9.17) is 28.4 Å². The Bertz CT molecular complexity index is 1990. The minimum atomic E-state index is -1.87. The van der Waals surface area contributed by atoms with Crippen LogP contribution in [0.4, 0.5) is 5.69 Å². The molecule has 18 heteroatoms. The Morgan fingerprint density at radius 1 is 0.915 bits per heavy atom. The van der Waals surface area contributed by atoms with Gasteiger partial charge in [-0.25, -0.2) is 0 Å². The number of esters is 1. The number of aliphatic hydroxyl groups is 5. The molecule has 3 fully saturated rings. The smallest absolute Gasteiger partial charge is 0.311 e. The molecule has 0 amide bonds. The van der Waals surface area contributed by atoms with E-state index in [1.807, 2.05) is 57.6 Å². The number of rotatable bonds is 15. The molecule has 404 valence electrons. The van der Waals surface area contributed by atoms with Gasteiger partial charge in [0.15, 0.2) is 12.6 Å². The van der Waals surface area contributed by atoms with Gasteiger partial charge in [0.2, 0.25) is 0 Å². The van der Waals surface area contributed by atoms with Crippen LogP contribution in [0.15, 0.2) is 30.5 Å². The first-order valence-corrected chi connectivity index (χ1v) is 26.4. The zero-order chi connectivity index (χ0) is 52.2. The molecule has 0 saturated carbocycles. The van der Waals surface area contributed by atoms with Crippen LogP contribution in [-0.4, -0.2) is 194 Å². The van der Waals surface area contributed by atoms with Gasteiger partial charge < -0.3 is 63.8 Å². The van der Waals surface area contributed by atoms with E-state index in [0.29, 0.717) is 25.9 Å². The van der Waals surface area contributed by atoms with Gasteiger partial charge in [-0.3, -0.25) is 14.4 Å². The molecule has 3 saturated heterocycles. The van der Waals surface area contributed by atoms with Crippen molar-refractivity contribution in [1.29, 1.82) is 0 Å². The number of aryl methyl sites for hydroxylation is 1. The second-order valence-electron chi connectivity index (χ2n) is 22.5. The number of hydrogen-bond acceptors (Lipinski definition) is 17. The SMILES string of the molecule is CC[C@H]1OC(=O)[C@H](C)[C@@H](O[C@H]2C[C@@](C)(OC)[C@@H](O)[C@H](C)O2)[C@H](C)[C@@H](O[C@@H]2O[C@H](C)C[C@H](N(C)C)[C@H]2O)[C@](C)(O)C[C@@H](C)CN(CCCCc2cn(CCN3CCc4ccccc43)nn2)[C@H](C)[C@@H](O)[C@]1(C)O. The van der Waals surface area contributed by atoms with Crippen LogP contribution in [-0.2, 0) is 52.6 Å². The van der Waals surface area contributed by atoms with Crippen LogP contribution in [0.5, 0.6) is 0 Å². The number of nitrogens with zero attached hydrogens (tertiary/aromatic N) is 6. The molecule has 0 unspecified atom stereocenters. The third-order valence-electron chi connectivity index (χ3n) is 16.3. The zero-order valence-corrected chi connectivity index (χ0v) is 45.0. The topological polar surface area (TPSA) is 214 Å². The normalized spacial score (nSPS) is 40.3. The summed E-state index contributed by atoms with van der Waals surface area (Å²) in [5, 5.41) is 69.2. The monoisotopic (exact) mass is 1000 g/mol. The van der Waals surface area contributed by atoms with Crippen molar-refractivity contribution in [1.82, 2.24) is 24.8 Å². The van der Waals surface area contributed by atoms with Crippen LogP contribution in [0.3, 0.4) is 0 Å². The van der Waals surface area contributed by atoms with E-state index in [1.165, 1.54) is 25.3 Å². The summed E-state index contributed by atoms with van der Waals surface area (Å²) in [6, 6.07) is 7.64. The molecule has 5 N–H and O–H groups in total. The molecule has 1 aromatic heterocycles. The van der Waals surface area contributed by atoms with Gasteiger partial charge in [0, 0.05) is 63.1 Å². The molecule has 0 radical (unpaired) electrons. The lowest BCUT2D eigenvalue weighted by atomic mass is 9.77. The number of unbranched alkanes of at least 4 members (excludes halogenated alkanes) is 1. The summed E-state index contributed by atoms with van der Waals surface area (Å²) in [4.78, 5) is 21.1. The van der Waals surface area contributed by atoms with Crippen molar-refractivity contribution in [2.45, 2.75) is 217 Å². The maximum Gasteiger partial charge on any atom is 0.311 e. The highest BCUT2D eigenvalue weighted by Crippen LogP contribution is 2.40. The second-order valence-corrected chi connectivity index (χ2v) is 22.5. The molecule has 4 aliphatic heterocycles. The van der Waals surface area contributed by atoms with Crippen LogP contribution >= 0.6 is 0 Å². The molecule has 0 bridgehead atoms. The Balaban J connectivity index is 1.26. The van der Waals surface area contributed by atoms with Gasteiger partial charge in [-0.2, -0.15) is 0 Å². The summed E-state index contributed by atoms with van der Waals surface area (Å²) in [5.41, 5.74) is -0.959. The van der Waals surface area contributed by atoms with Crippen molar-refractivity contribution < 1.29 is 58.7 Å². The fourth-order valence-corrected chi connectivity index (χ4v) is 11.9. The Morgan fingerprint density at radius 2 is 1.63 bits per heavy atom. The highest BCUT2D eigenvalue weighted by Gasteiger charge is 2.53. The highest BCUT2D eigenvalue weighted by molar-refractivity contribution is 5.73. The molecule has 18 nitrogen and oxygen atoms in total. The van der Waals surface area contributed by atoms with Crippen molar-refractivity contribution in [2.24, 2.45) is 17.8 Å². The van der Waals surface area contributed by atoms with Crippen molar-refractivity contribution in [2.75, 3.05) is 52.3 Å². The number of carbonyl (C=O) groups excluding carboxylic acids is 1. The van der Waals surface area contributed by atoms with Crippen LogP contribution in [0.2, 0.25) is 0 Å². The molecule has 71 heavy (non-hydrogen) atoms. The van der Waals surface area contributed by atoms with Gasteiger partial charge >= 0.3 is 5.97 Å². The van der Waals surface area contributed by atoms with Crippen molar-refractivity contribution in [3.63, 3.8) is 0 Å². The van der Waals surface area contributed by atoms with Crippen LogP contribution in [0.1, 0.15) is 119 Å². The molecular weight excluding hydrogens is 913 g/mol. The van der Waals surface area contributed by atoms with Gasteiger partial charge in [-0.15, -0.1) is 5.10 Å². The average molecular weight is 1000 g/mol. The number of aromatic nitrogens is 3. The molecule has 18 atom stereocenters. The Hall–Kier alpha value is -2.85. The number of anilines is 1. The fourth-order valence-electron chi connectivity index (χ4n) is 11.9. The summed E-state index contributed by atoms with van der Waals surface area (Å²) >= 11 is 0. The maximum absolute atomic E-state index is 14.6. The first-order valence-electron chi connectivity index (χ1n) is 26.4. The third-order valence-corrected chi connectivity index (χ3v) is 16.3. The van der Waals surface area contributed by atoms with Crippen LogP contribution in [0.25, 0.3) is 0 Å². The first-order chi connectivity index (χ1) is 33.4. The van der Waals surface area contributed by atoms with Gasteiger partial charge in [0.25, 0.3) is 0 Å². The van der Waals surface area contributed by atoms with E-state index >= 15 is 0 Å². The van der Waals surface area contributed by atoms with E-state index in [2.05, 4.69) is 44.4 Å². The van der Waals surface area contributed by atoms with Crippen molar-refractivity contribution >= 4 is 11.7 Å². The predicted octanol–water partition coefficient (Wildman–Crippen LogP) is 3.95. The van der Waals surface area contributed by atoms with Crippen molar-refractivity contribution in [3.8, 4) is 0 Å². The number of cyclic esters (lactones) is 1. The first kappa shape index (κ1) is 57.4. The summed E-state index contributed by atoms with van der Waals surface area (Å²) in [7, 11) is 5.31. The van der Waals surface area contributed by atoms with E-state index in [0.717, 1.165) is 44.6 Å². The third kappa shape index (κ3) is 13.5. The molecule has 0 aliphatic carbocycles. The number of ether oxygens (including phenoxy) is 6. The number of methoxy groups -OCH3 is 1. The van der Waals surface area contributed by atoms with Crippen LogP contribution in [0, 0.1) is 17.8 Å². The maximum atomic E-state index is 14.6. The number of likely N-dealkylation sites (N-methyl/N-ethyl adjacent to an activating group) is 1. The molecule has 5 heterocycles. The molecule has 1 aromatic carbocycles. The zero-order valence-electron chi connectivity index (χ0n) is 45.0. The molecular formula is C53H90N6O12. The van der Waals surface area contributed by atoms with Gasteiger partial charge in [0.05, 0.1) is 53.8 Å². The lowest BCUT2D eigenvalue weighted by Crippen LogP contribution is -2.60. The lowest BCUT2D eigenvalue weighted by molar-refractivity contribution is -0.318. The number of para-hydroxylation sites is 1. The van der Waals surface area contributed by atoms with E-state index in [1.54, 1.807) is 34.6 Å². The van der Waals surface area contributed by atoms with E-state index in [-0.39, 0.29) is 37.3 Å². The average Bonchev–Trinajstić information content (AvgIpc) is 3.96. The number of fused-ring (bicyclic) bond motifs is 1. The van der Waals surface area contributed by atoms with Crippen molar-refractivity contribution in [3.05, 3.63) is 41.7 Å². The van der Waals surface area contributed by atoms with Gasteiger partial charge in [-0.1, -0.05) is 44.2 Å². The minimum Gasteiger partial charge on any atom is -0.459 e. The molecule has 2 aromatic rings. The molecule has 4 aliphatic rings. The summed E-state index contributed by atoms with van der Waals surface area (Å²) in [6.07, 6.45) is -3.31. The van der Waals surface area contributed by atoms with Gasteiger partial charge in [0.1, 0.15) is 30.0 Å². The molecule has 0 spiro atoms. The Morgan fingerprint density at radius 3 is 2.32 bits per heavy atom. The number of carbonyl (C=O) groups is 1. The highest BCUT2D eigenvalue weighted by atomic mass is 16.7. The number of benzene rings is 1. The van der Waals surface area contributed by atoms with Crippen LogP contribution < -0.4 is 4.90 Å². The summed E-state index contributed by atoms with van der Waals surface area (Å²) < 4.78 is 40.2.